The molecule has 1 aliphatic heterocycles. The third kappa shape index (κ3) is 3.74. The number of nitrogens with zero attached hydrogens (tertiary/aromatic N) is 1. The molecule has 1 saturated heterocycles. The van der Waals surface area contributed by atoms with E-state index in [-0.39, 0.29) is 17.2 Å². The Hall–Kier alpha value is -1.43. The Bertz CT molecular complexity index is 727. The number of carbonyl (C=O) groups is 1. The summed E-state index contributed by atoms with van der Waals surface area (Å²) in [6.45, 7) is 0.615. The number of rotatable bonds is 2. The number of thioether (sulfide) groups is 1. The lowest BCUT2D eigenvalue weighted by Gasteiger charge is -2.24. The van der Waals surface area contributed by atoms with Gasteiger partial charge in [0.15, 0.2) is 0 Å². The second kappa shape index (κ2) is 6.99. The smallest absolute Gasteiger partial charge is 0.308 e. The molecule has 0 aromatic heterocycles. The molecule has 0 bridgehead atoms. The second-order valence-electron chi connectivity index (χ2n) is 5.02. The van der Waals surface area contributed by atoms with Gasteiger partial charge in [-0.05, 0) is 35.9 Å². The molecule has 0 aliphatic carbocycles. The molecule has 2 aromatic rings. The standard InChI is InChI=1S/C16H13Cl2FN2OS/c17-11-3-6-14(13(18)9-11)20-16(22)21-7-8-23-15(21)10-1-4-12(19)5-2-10/h1-6,9,15H,7-8H2,(H,20,22)/t15-/m1/s1. The van der Waals surface area contributed by atoms with E-state index in [9.17, 15) is 9.18 Å². The Morgan fingerprint density at radius 1 is 1.22 bits per heavy atom. The van der Waals surface area contributed by atoms with E-state index in [2.05, 4.69) is 5.32 Å². The van der Waals surface area contributed by atoms with E-state index < -0.39 is 0 Å². The molecule has 1 N–H and O–H groups in total. The fourth-order valence-electron chi connectivity index (χ4n) is 2.36. The van der Waals surface area contributed by atoms with Crippen LogP contribution in [-0.2, 0) is 0 Å². The zero-order chi connectivity index (χ0) is 16.4. The van der Waals surface area contributed by atoms with Crippen molar-refractivity contribution in [2.45, 2.75) is 5.37 Å². The zero-order valence-corrected chi connectivity index (χ0v) is 14.3. The molecular formula is C16H13Cl2FN2OS. The monoisotopic (exact) mass is 370 g/mol. The van der Waals surface area contributed by atoms with Crippen molar-refractivity contribution >= 4 is 46.7 Å². The highest BCUT2D eigenvalue weighted by atomic mass is 35.5. The van der Waals surface area contributed by atoms with Crippen LogP contribution in [0.2, 0.25) is 10.0 Å². The first-order valence-corrected chi connectivity index (χ1v) is 8.75. The van der Waals surface area contributed by atoms with Crippen LogP contribution in [0.4, 0.5) is 14.9 Å². The molecule has 3 rings (SSSR count). The van der Waals surface area contributed by atoms with Gasteiger partial charge in [0, 0.05) is 17.3 Å². The molecule has 1 atom stereocenters. The van der Waals surface area contributed by atoms with Gasteiger partial charge < -0.3 is 10.2 Å². The molecule has 120 valence electrons. The van der Waals surface area contributed by atoms with Gasteiger partial charge in [-0.25, -0.2) is 9.18 Å². The summed E-state index contributed by atoms with van der Waals surface area (Å²) in [7, 11) is 0. The van der Waals surface area contributed by atoms with Crippen LogP contribution in [0.5, 0.6) is 0 Å². The SMILES string of the molecule is O=C(Nc1ccc(Cl)cc1Cl)N1CCS[C@@H]1c1ccc(F)cc1. The van der Waals surface area contributed by atoms with Gasteiger partial charge in [0.1, 0.15) is 11.2 Å². The Labute approximate surface area is 147 Å². The first kappa shape index (κ1) is 16.4. The van der Waals surface area contributed by atoms with Crippen molar-refractivity contribution in [1.82, 2.24) is 4.90 Å². The van der Waals surface area contributed by atoms with Gasteiger partial charge in [-0.2, -0.15) is 0 Å². The summed E-state index contributed by atoms with van der Waals surface area (Å²) < 4.78 is 13.1. The van der Waals surface area contributed by atoms with Crippen molar-refractivity contribution in [2.75, 3.05) is 17.6 Å². The summed E-state index contributed by atoms with van der Waals surface area (Å²) in [6, 6.07) is 10.9. The Balaban J connectivity index is 1.76. The highest BCUT2D eigenvalue weighted by Crippen LogP contribution is 2.38. The summed E-state index contributed by atoms with van der Waals surface area (Å²) in [6.07, 6.45) is 0. The highest BCUT2D eigenvalue weighted by molar-refractivity contribution is 7.99. The Morgan fingerprint density at radius 2 is 1.96 bits per heavy atom. The zero-order valence-electron chi connectivity index (χ0n) is 11.9. The molecule has 0 unspecified atom stereocenters. The lowest BCUT2D eigenvalue weighted by atomic mass is 10.2. The van der Waals surface area contributed by atoms with E-state index >= 15 is 0 Å². The molecule has 1 aliphatic rings. The van der Waals surface area contributed by atoms with Crippen LogP contribution in [0.1, 0.15) is 10.9 Å². The van der Waals surface area contributed by atoms with Crippen molar-refractivity contribution in [2.24, 2.45) is 0 Å². The minimum Gasteiger partial charge on any atom is -0.308 e. The molecule has 7 heteroatoms. The summed E-state index contributed by atoms with van der Waals surface area (Å²) in [5.41, 5.74) is 1.40. The van der Waals surface area contributed by atoms with Crippen LogP contribution in [-0.4, -0.2) is 23.2 Å². The third-order valence-electron chi connectivity index (χ3n) is 3.48. The van der Waals surface area contributed by atoms with E-state index in [1.54, 1.807) is 47.0 Å². The lowest BCUT2D eigenvalue weighted by Crippen LogP contribution is -2.34. The Kier molecular flexibility index (Phi) is 4.99. The van der Waals surface area contributed by atoms with E-state index in [1.807, 2.05) is 0 Å². The van der Waals surface area contributed by atoms with Gasteiger partial charge in [0.05, 0.1) is 10.7 Å². The van der Waals surface area contributed by atoms with Crippen LogP contribution in [0.25, 0.3) is 0 Å². The number of hydrogen-bond donors (Lipinski definition) is 1. The minimum atomic E-state index is -0.291. The van der Waals surface area contributed by atoms with Gasteiger partial charge in [-0.15, -0.1) is 11.8 Å². The topological polar surface area (TPSA) is 32.3 Å². The molecule has 0 saturated carbocycles. The summed E-state index contributed by atoms with van der Waals surface area (Å²) in [5.74, 6) is 0.532. The third-order valence-corrected chi connectivity index (χ3v) is 5.29. The molecule has 1 heterocycles. The quantitative estimate of drug-likeness (QED) is 0.765. The minimum absolute atomic E-state index is 0.137. The maximum atomic E-state index is 13.1. The average molecular weight is 371 g/mol. The Morgan fingerprint density at radius 3 is 2.65 bits per heavy atom. The van der Waals surface area contributed by atoms with Crippen molar-refractivity contribution in [3.8, 4) is 0 Å². The number of nitrogens with one attached hydrogen (secondary N) is 1. The largest absolute Gasteiger partial charge is 0.323 e. The van der Waals surface area contributed by atoms with Crippen LogP contribution in [0, 0.1) is 5.82 Å². The number of benzene rings is 2. The molecular weight excluding hydrogens is 358 g/mol. The molecule has 0 spiro atoms. The molecule has 1 fully saturated rings. The number of hydrogen-bond acceptors (Lipinski definition) is 2. The molecule has 2 amide bonds. The van der Waals surface area contributed by atoms with Crippen LogP contribution in [0.3, 0.4) is 0 Å². The fraction of sp³-hybridized carbons (Fsp3) is 0.188. The lowest BCUT2D eigenvalue weighted by molar-refractivity contribution is 0.214. The molecule has 2 aromatic carbocycles. The van der Waals surface area contributed by atoms with Crippen molar-refractivity contribution in [3.63, 3.8) is 0 Å². The predicted molar refractivity (Wildman–Crippen MR) is 93.8 cm³/mol. The number of urea groups is 1. The summed E-state index contributed by atoms with van der Waals surface area (Å²) in [5, 5.41) is 3.56. The average Bonchev–Trinajstić information content (AvgIpc) is 3.00. The van der Waals surface area contributed by atoms with E-state index in [0.29, 0.717) is 22.3 Å². The summed E-state index contributed by atoms with van der Waals surface area (Å²) >= 11 is 13.6. The first-order chi connectivity index (χ1) is 11.0. The van der Waals surface area contributed by atoms with E-state index in [1.165, 1.54) is 12.1 Å². The second-order valence-corrected chi connectivity index (χ2v) is 7.05. The van der Waals surface area contributed by atoms with Gasteiger partial charge >= 0.3 is 6.03 Å². The molecule has 3 nitrogen and oxygen atoms in total. The maximum Gasteiger partial charge on any atom is 0.323 e. The normalized spacial score (nSPS) is 17.3. The van der Waals surface area contributed by atoms with Crippen molar-refractivity contribution in [1.29, 1.82) is 0 Å². The van der Waals surface area contributed by atoms with Gasteiger partial charge in [0.2, 0.25) is 0 Å². The number of halogens is 3. The molecule has 23 heavy (non-hydrogen) atoms. The number of carbonyl (C=O) groups excluding carboxylic acids is 1. The van der Waals surface area contributed by atoms with E-state index in [0.717, 1.165) is 11.3 Å². The highest BCUT2D eigenvalue weighted by Gasteiger charge is 2.30. The van der Waals surface area contributed by atoms with Gasteiger partial charge in [-0.3, -0.25) is 0 Å². The van der Waals surface area contributed by atoms with Crippen LogP contribution >= 0.6 is 35.0 Å². The number of anilines is 1. The molecule has 0 radical (unpaired) electrons. The van der Waals surface area contributed by atoms with Crippen LogP contribution < -0.4 is 5.32 Å². The van der Waals surface area contributed by atoms with Crippen molar-refractivity contribution in [3.05, 3.63) is 63.9 Å². The predicted octanol–water partition coefficient (Wildman–Crippen LogP) is 5.41. The van der Waals surface area contributed by atoms with E-state index in [4.69, 9.17) is 23.2 Å². The van der Waals surface area contributed by atoms with Gasteiger partial charge in [0.25, 0.3) is 0 Å². The van der Waals surface area contributed by atoms with Crippen LogP contribution in [0.15, 0.2) is 42.5 Å². The van der Waals surface area contributed by atoms with Crippen molar-refractivity contribution < 1.29 is 9.18 Å². The first-order valence-electron chi connectivity index (χ1n) is 6.94. The maximum absolute atomic E-state index is 13.1. The summed E-state index contributed by atoms with van der Waals surface area (Å²) in [4.78, 5) is 14.2. The fourth-order valence-corrected chi connectivity index (χ4v) is 4.07. The number of amides is 2. The van der Waals surface area contributed by atoms with Gasteiger partial charge in [-0.1, -0.05) is 35.3 Å².